The van der Waals surface area contributed by atoms with Crippen molar-refractivity contribution in [3.05, 3.63) is 42.0 Å². The summed E-state index contributed by atoms with van der Waals surface area (Å²) in [7, 11) is 6.07. The van der Waals surface area contributed by atoms with Gasteiger partial charge in [-0.2, -0.15) is 0 Å². The number of likely N-dealkylation sites (N-methyl/N-ethyl adjacent to an activating group) is 1. The molecule has 3 rings (SSSR count). The average molecular weight is 385 g/mol. The molecule has 3 amide bonds. The Bertz CT molecular complexity index is 874. The molecule has 2 N–H and O–H groups in total. The number of hydrogen-bond acceptors (Lipinski definition) is 5. The van der Waals surface area contributed by atoms with Gasteiger partial charge in [0.25, 0.3) is 0 Å². The molecule has 0 aromatic heterocycles. The molecule has 1 aliphatic heterocycles. The van der Waals surface area contributed by atoms with Crippen LogP contribution in [0.15, 0.2) is 36.4 Å². The molecule has 2 aromatic carbocycles. The number of methoxy groups -OCH3 is 3. The van der Waals surface area contributed by atoms with Gasteiger partial charge < -0.3 is 24.8 Å². The molecule has 0 bridgehead atoms. The highest BCUT2D eigenvalue weighted by atomic mass is 16.5. The smallest absolute Gasteiger partial charge is 0.327 e. The van der Waals surface area contributed by atoms with Crippen molar-refractivity contribution in [1.82, 2.24) is 5.32 Å². The molecule has 8 nitrogen and oxygen atoms in total. The van der Waals surface area contributed by atoms with E-state index in [2.05, 4.69) is 10.6 Å². The second-order valence-corrected chi connectivity index (χ2v) is 6.18. The molecule has 1 atom stereocenters. The number of urea groups is 1. The first-order valence-corrected chi connectivity index (χ1v) is 8.73. The van der Waals surface area contributed by atoms with Gasteiger partial charge in [0.05, 0.1) is 27.0 Å². The highest BCUT2D eigenvalue weighted by Gasteiger charge is 2.38. The minimum absolute atomic E-state index is 0.226. The lowest BCUT2D eigenvalue weighted by Gasteiger charge is -2.25. The summed E-state index contributed by atoms with van der Waals surface area (Å²) >= 11 is 0. The number of rotatable bonds is 5. The van der Waals surface area contributed by atoms with E-state index in [1.54, 1.807) is 19.2 Å². The maximum atomic E-state index is 13.1. The van der Waals surface area contributed by atoms with Crippen molar-refractivity contribution < 1.29 is 23.8 Å². The van der Waals surface area contributed by atoms with E-state index in [1.165, 1.54) is 26.2 Å². The van der Waals surface area contributed by atoms with Crippen LogP contribution in [0.2, 0.25) is 0 Å². The Morgan fingerprint density at radius 1 is 1.04 bits per heavy atom. The van der Waals surface area contributed by atoms with Crippen LogP contribution < -0.4 is 29.7 Å². The third-order valence-electron chi connectivity index (χ3n) is 4.66. The van der Waals surface area contributed by atoms with Crippen LogP contribution in [-0.2, 0) is 11.2 Å². The molecule has 0 radical (unpaired) electrons. The summed E-state index contributed by atoms with van der Waals surface area (Å²) in [5.41, 5.74) is 2.11. The number of carbonyl (C=O) groups is 2. The lowest BCUT2D eigenvalue weighted by Crippen LogP contribution is -2.48. The van der Waals surface area contributed by atoms with E-state index >= 15 is 0 Å². The van der Waals surface area contributed by atoms with Gasteiger partial charge in [0.2, 0.25) is 11.7 Å². The SMILES string of the molecule is CNC(=O)[C@@H]1Cc2ccccc2N1C(=O)Nc1cc(OC)c(OC)c(OC)c1. The second kappa shape index (κ2) is 8.08. The third kappa shape index (κ3) is 3.40. The van der Waals surface area contributed by atoms with E-state index in [9.17, 15) is 9.59 Å². The molecular formula is C20H23N3O5. The Kier molecular flexibility index (Phi) is 5.58. The van der Waals surface area contributed by atoms with Gasteiger partial charge in [0.1, 0.15) is 6.04 Å². The number of fused-ring (bicyclic) bond motifs is 1. The zero-order valence-corrected chi connectivity index (χ0v) is 16.2. The van der Waals surface area contributed by atoms with Crippen molar-refractivity contribution in [2.45, 2.75) is 12.5 Å². The number of ether oxygens (including phenoxy) is 3. The zero-order valence-electron chi connectivity index (χ0n) is 16.2. The van der Waals surface area contributed by atoms with Crippen LogP contribution in [-0.4, -0.2) is 46.4 Å². The van der Waals surface area contributed by atoms with Gasteiger partial charge in [-0.1, -0.05) is 18.2 Å². The number of anilines is 2. The Morgan fingerprint density at radius 2 is 1.68 bits per heavy atom. The summed E-state index contributed by atoms with van der Waals surface area (Å²) in [5, 5.41) is 5.45. The standard InChI is InChI=1S/C20H23N3O5/c1-21-19(24)15-9-12-7-5-6-8-14(12)23(15)20(25)22-13-10-16(26-2)18(28-4)17(11-13)27-3/h5-8,10-11,15H,9H2,1-4H3,(H,21,24)(H,22,25)/t15-/m0/s1. The van der Waals surface area contributed by atoms with Gasteiger partial charge in [-0.25, -0.2) is 4.79 Å². The summed E-state index contributed by atoms with van der Waals surface area (Å²) in [6, 6.07) is 9.69. The van der Waals surface area contributed by atoms with Gasteiger partial charge in [-0.15, -0.1) is 0 Å². The lowest BCUT2D eigenvalue weighted by atomic mass is 10.1. The average Bonchev–Trinajstić information content (AvgIpc) is 3.12. The van der Waals surface area contributed by atoms with Crippen molar-refractivity contribution in [1.29, 1.82) is 0 Å². The van der Waals surface area contributed by atoms with Crippen molar-refractivity contribution in [3.63, 3.8) is 0 Å². The van der Waals surface area contributed by atoms with Crippen molar-refractivity contribution >= 4 is 23.3 Å². The van der Waals surface area contributed by atoms with E-state index in [0.29, 0.717) is 35.0 Å². The predicted octanol–water partition coefficient (Wildman–Crippen LogP) is 2.42. The van der Waals surface area contributed by atoms with Crippen molar-refractivity contribution in [2.24, 2.45) is 0 Å². The Balaban J connectivity index is 1.94. The largest absolute Gasteiger partial charge is 0.493 e. The molecule has 0 saturated carbocycles. The number of hydrogen-bond donors (Lipinski definition) is 2. The van der Waals surface area contributed by atoms with Gasteiger partial charge in [0, 0.05) is 31.3 Å². The van der Waals surface area contributed by atoms with E-state index < -0.39 is 12.1 Å². The Labute approximate surface area is 163 Å². The van der Waals surface area contributed by atoms with E-state index in [-0.39, 0.29) is 5.91 Å². The molecular weight excluding hydrogens is 362 g/mol. The Hall–Kier alpha value is -3.42. The first kappa shape index (κ1) is 19.3. The van der Waals surface area contributed by atoms with Crippen LogP contribution in [0.1, 0.15) is 5.56 Å². The minimum Gasteiger partial charge on any atom is -0.493 e. The highest BCUT2D eigenvalue weighted by Crippen LogP contribution is 2.40. The molecule has 28 heavy (non-hydrogen) atoms. The van der Waals surface area contributed by atoms with Crippen molar-refractivity contribution in [3.8, 4) is 17.2 Å². The molecule has 0 unspecified atom stereocenters. The maximum absolute atomic E-state index is 13.1. The fourth-order valence-electron chi connectivity index (χ4n) is 3.35. The molecule has 2 aromatic rings. The molecule has 8 heteroatoms. The number of benzene rings is 2. The van der Waals surface area contributed by atoms with E-state index in [4.69, 9.17) is 14.2 Å². The summed E-state index contributed by atoms with van der Waals surface area (Å²) in [4.78, 5) is 26.9. The maximum Gasteiger partial charge on any atom is 0.327 e. The number of nitrogens with zero attached hydrogens (tertiary/aromatic N) is 1. The molecule has 1 aliphatic rings. The first-order chi connectivity index (χ1) is 13.5. The molecule has 0 saturated heterocycles. The fourth-order valence-corrected chi connectivity index (χ4v) is 3.35. The van der Waals surface area contributed by atoms with Crippen LogP contribution >= 0.6 is 0 Å². The lowest BCUT2D eigenvalue weighted by molar-refractivity contribution is -0.121. The quantitative estimate of drug-likeness (QED) is 0.825. The number of amides is 3. The number of para-hydroxylation sites is 1. The highest BCUT2D eigenvalue weighted by molar-refractivity contribution is 6.08. The predicted molar refractivity (Wildman–Crippen MR) is 106 cm³/mol. The molecule has 0 spiro atoms. The number of nitrogens with one attached hydrogen (secondary N) is 2. The van der Waals surface area contributed by atoms with Crippen LogP contribution in [0.4, 0.5) is 16.2 Å². The summed E-state index contributed by atoms with van der Waals surface area (Å²) in [5.74, 6) is 1.04. The van der Waals surface area contributed by atoms with Crippen LogP contribution in [0.5, 0.6) is 17.2 Å². The van der Waals surface area contributed by atoms with Crippen LogP contribution in [0, 0.1) is 0 Å². The topological polar surface area (TPSA) is 89.1 Å². The van der Waals surface area contributed by atoms with E-state index in [0.717, 1.165) is 5.56 Å². The van der Waals surface area contributed by atoms with Gasteiger partial charge in [-0.05, 0) is 11.6 Å². The zero-order chi connectivity index (χ0) is 20.3. The normalized spacial score (nSPS) is 14.9. The van der Waals surface area contributed by atoms with Crippen LogP contribution in [0.3, 0.4) is 0 Å². The summed E-state index contributed by atoms with van der Waals surface area (Å²) < 4.78 is 16.0. The van der Waals surface area contributed by atoms with Crippen LogP contribution in [0.25, 0.3) is 0 Å². The van der Waals surface area contributed by atoms with Gasteiger partial charge in [0.15, 0.2) is 11.5 Å². The molecule has 1 heterocycles. The second-order valence-electron chi connectivity index (χ2n) is 6.18. The number of carbonyl (C=O) groups excluding carboxylic acids is 2. The molecule has 0 fully saturated rings. The van der Waals surface area contributed by atoms with Crippen molar-refractivity contribution in [2.75, 3.05) is 38.6 Å². The monoisotopic (exact) mass is 385 g/mol. The van der Waals surface area contributed by atoms with Gasteiger partial charge >= 0.3 is 6.03 Å². The molecule has 148 valence electrons. The fraction of sp³-hybridized carbons (Fsp3) is 0.300. The Morgan fingerprint density at radius 3 is 2.25 bits per heavy atom. The first-order valence-electron chi connectivity index (χ1n) is 8.73. The third-order valence-corrected chi connectivity index (χ3v) is 4.66. The summed E-state index contributed by atoms with van der Waals surface area (Å²) in [6.07, 6.45) is 0.457. The van der Waals surface area contributed by atoms with E-state index in [1.807, 2.05) is 24.3 Å². The van der Waals surface area contributed by atoms with Gasteiger partial charge in [-0.3, -0.25) is 9.69 Å². The molecule has 0 aliphatic carbocycles. The minimum atomic E-state index is -0.621. The summed E-state index contributed by atoms with van der Waals surface area (Å²) in [6.45, 7) is 0.